The number of carbonyl (C=O) groups excluding carboxylic acids is 3. The van der Waals surface area contributed by atoms with Crippen LogP contribution in [0.15, 0.2) is 48.5 Å². The second-order valence-electron chi connectivity index (χ2n) is 7.16. The maximum Gasteiger partial charge on any atom is 0.257 e. The Kier molecular flexibility index (Phi) is 5.05. The van der Waals surface area contributed by atoms with Crippen molar-refractivity contribution in [3.05, 3.63) is 59.9 Å². The molecule has 1 unspecified atom stereocenters. The number of carbonyl (C=O) groups is 3. The van der Waals surface area contributed by atoms with Gasteiger partial charge in [-0.25, -0.2) is 9.29 Å². The number of nitrogens with zero attached hydrogens (tertiary/aromatic N) is 2. The molecule has 0 aromatic heterocycles. The van der Waals surface area contributed by atoms with Crippen LogP contribution < -0.4 is 9.64 Å². The zero-order valence-electron chi connectivity index (χ0n) is 16.0. The highest BCUT2D eigenvalue weighted by Gasteiger charge is 2.48. The molecule has 1 atom stereocenters. The third kappa shape index (κ3) is 3.72. The lowest BCUT2D eigenvalue weighted by atomic mass is 10.1. The van der Waals surface area contributed by atoms with Gasteiger partial charge in [0.1, 0.15) is 17.6 Å². The first-order valence-electron chi connectivity index (χ1n) is 9.67. The van der Waals surface area contributed by atoms with E-state index in [2.05, 4.69) is 0 Å². The number of amides is 3. The SMILES string of the molecule is CCOc1ccc(N2C(=O)CC(N(C(=O)c3ccc(F)cc3)C3CC3)C2=O)cc1. The molecule has 2 aliphatic rings. The number of ether oxygens (including phenoxy) is 1. The zero-order valence-corrected chi connectivity index (χ0v) is 16.0. The lowest BCUT2D eigenvalue weighted by molar-refractivity contribution is -0.122. The highest BCUT2D eigenvalue weighted by atomic mass is 19.1. The number of hydrogen-bond acceptors (Lipinski definition) is 4. The van der Waals surface area contributed by atoms with Crippen LogP contribution in [-0.2, 0) is 9.59 Å². The van der Waals surface area contributed by atoms with Crippen molar-refractivity contribution in [1.82, 2.24) is 4.90 Å². The maximum atomic E-state index is 13.2. The van der Waals surface area contributed by atoms with E-state index < -0.39 is 17.8 Å². The van der Waals surface area contributed by atoms with E-state index in [-0.39, 0.29) is 24.3 Å². The predicted molar refractivity (Wildman–Crippen MR) is 104 cm³/mol. The van der Waals surface area contributed by atoms with Crippen molar-refractivity contribution in [2.75, 3.05) is 11.5 Å². The quantitative estimate of drug-likeness (QED) is 0.704. The Bertz CT molecular complexity index is 938. The lowest BCUT2D eigenvalue weighted by Gasteiger charge is -2.27. The monoisotopic (exact) mass is 396 g/mol. The second-order valence-corrected chi connectivity index (χ2v) is 7.16. The molecule has 1 saturated heterocycles. The van der Waals surface area contributed by atoms with Gasteiger partial charge in [0.25, 0.3) is 11.8 Å². The van der Waals surface area contributed by atoms with Crippen LogP contribution in [0.25, 0.3) is 0 Å². The van der Waals surface area contributed by atoms with E-state index >= 15 is 0 Å². The Morgan fingerprint density at radius 1 is 1.10 bits per heavy atom. The zero-order chi connectivity index (χ0) is 20.5. The summed E-state index contributed by atoms with van der Waals surface area (Å²) in [5.41, 5.74) is 0.758. The molecule has 0 N–H and O–H groups in total. The Hall–Kier alpha value is -3.22. The molecular weight excluding hydrogens is 375 g/mol. The molecule has 2 aromatic rings. The summed E-state index contributed by atoms with van der Waals surface area (Å²) in [6, 6.07) is 11.0. The first kappa shape index (κ1) is 19.1. The summed E-state index contributed by atoms with van der Waals surface area (Å²) in [4.78, 5) is 41.4. The minimum absolute atomic E-state index is 0.0600. The summed E-state index contributed by atoms with van der Waals surface area (Å²) in [6.07, 6.45) is 1.51. The molecule has 0 spiro atoms. The highest BCUT2D eigenvalue weighted by molar-refractivity contribution is 6.23. The first-order chi connectivity index (χ1) is 14.0. The van der Waals surface area contributed by atoms with Crippen LogP contribution in [0.1, 0.15) is 36.5 Å². The van der Waals surface area contributed by atoms with Gasteiger partial charge in [0.15, 0.2) is 0 Å². The van der Waals surface area contributed by atoms with Crippen molar-refractivity contribution in [1.29, 1.82) is 0 Å². The van der Waals surface area contributed by atoms with Crippen molar-refractivity contribution in [3.8, 4) is 5.75 Å². The molecule has 0 bridgehead atoms. The van der Waals surface area contributed by atoms with Crippen LogP contribution in [0.2, 0.25) is 0 Å². The van der Waals surface area contributed by atoms with Crippen LogP contribution in [0.3, 0.4) is 0 Å². The van der Waals surface area contributed by atoms with E-state index in [0.29, 0.717) is 23.6 Å². The summed E-state index contributed by atoms with van der Waals surface area (Å²) >= 11 is 0. The molecule has 1 aliphatic heterocycles. The smallest absolute Gasteiger partial charge is 0.257 e. The molecule has 3 amide bonds. The van der Waals surface area contributed by atoms with Crippen LogP contribution in [0, 0.1) is 5.82 Å². The van der Waals surface area contributed by atoms with E-state index in [4.69, 9.17) is 4.74 Å². The maximum absolute atomic E-state index is 13.2. The summed E-state index contributed by atoms with van der Waals surface area (Å²) in [5, 5.41) is 0. The third-order valence-corrected chi connectivity index (χ3v) is 5.13. The van der Waals surface area contributed by atoms with Crippen LogP contribution in [-0.4, -0.2) is 41.3 Å². The molecule has 7 heteroatoms. The number of anilines is 1. The summed E-state index contributed by atoms with van der Waals surface area (Å²) < 4.78 is 18.6. The molecule has 1 aliphatic carbocycles. The summed E-state index contributed by atoms with van der Waals surface area (Å²) in [5.74, 6) is -0.901. The topological polar surface area (TPSA) is 66.9 Å². The fourth-order valence-corrected chi connectivity index (χ4v) is 3.62. The van der Waals surface area contributed by atoms with Gasteiger partial charge in [0.05, 0.1) is 18.7 Å². The summed E-state index contributed by atoms with van der Waals surface area (Å²) in [6.45, 7) is 2.39. The molecular formula is C22H21FN2O4. The van der Waals surface area contributed by atoms with E-state index in [0.717, 1.165) is 17.7 Å². The van der Waals surface area contributed by atoms with E-state index in [1.807, 2.05) is 6.92 Å². The lowest BCUT2D eigenvalue weighted by Crippen LogP contribution is -2.46. The molecule has 1 saturated carbocycles. The van der Waals surface area contributed by atoms with E-state index in [9.17, 15) is 18.8 Å². The molecule has 2 aromatic carbocycles. The minimum atomic E-state index is -0.848. The molecule has 4 rings (SSSR count). The molecule has 0 radical (unpaired) electrons. The average Bonchev–Trinajstić information content (AvgIpc) is 3.50. The molecule has 2 fully saturated rings. The van der Waals surface area contributed by atoms with Crippen LogP contribution in [0.5, 0.6) is 5.75 Å². The van der Waals surface area contributed by atoms with Gasteiger partial charge in [-0.05, 0) is 68.3 Å². The Balaban J connectivity index is 1.58. The number of hydrogen-bond donors (Lipinski definition) is 0. The summed E-state index contributed by atoms with van der Waals surface area (Å²) in [7, 11) is 0. The van der Waals surface area contributed by atoms with Gasteiger partial charge in [-0.2, -0.15) is 0 Å². The Morgan fingerprint density at radius 3 is 2.34 bits per heavy atom. The number of imide groups is 1. The van der Waals surface area contributed by atoms with Gasteiger partial charge < -0.3 is 9.64 Å². The fourth-order valence-electron chi connectivity index (χ4n) is 3.62. The first-order valence-corrected chi connectivity index (χ1v) is 9.67. The Labute approximate surface area is 167 Å². The predicted octanol–water partition coefficient (Wildman–Crippen LogP) is 3.16. The van der Waals surface area contributed by atoms with Gasteiger partial charge in [0, 0.05) is 11.6 Å². The van der Waals surface area contributed by atoms with E-state index in [1.165, 1.54) is 29.2 Å². The van der Waals surface area contributed by atoms with Gasteiger partial charge in [0.2, 0.25) is 5.91 Å². The number of rotatable bonds is 6. The van der Waals surface area contributed by atoms with E-state index in [1.54, 1.807) is 24.3 Å². The molecule has 6 nitrogen and oxygen atoms in total. The number of benzene rings is 2. The van der Waals surface area contributed by atoms with Gasteiger partial charge in [-0.1, -0.05) is 0 Å². The minimum Gasteiger partial charge on any atom is -0.494 e. The van der Waals surface area contributed by atoms with Crippen LogP contribution in [0.4, 0.5) is 10.1 Å². The molecule has 29 heavy (non-hydrogen) atoms. The fraction of sp³-hybridized carbons (Fsp3) is 0.318. The largest absolute Gasteiger partial charge is 0.494 e. The van der Waals surface area contributed by atoms with Gasteiger partial charge in [-0.15, -0.1) is 0 Å². The van der Waals surface area contributed by atoms with Crippen molar-refractivity contribution in [3.63, 3.8) is 0 Å². The van der Waals surface area contributed by atoms with Crippen molar-refractivity contribution in [2.45, 2.75) is 38.3 Å². The second kappa shape index (κ2) is 7.66. The van der Waals surface area contributed by atoms with Crippen molar-refractivity contribution >= 4 is 23.4 Å². The molecule has 1 heterocycles. The highest BCUT2D eigenvalue weighted by Crippen LogP contribution is 2.35. The van der Waals surface area contributed by atoms with Crippen molar-refractivity contribution < 1.29 is 23.5 Å². The van der Waals surface area contributed by atoms with Gasteiger partial charge in [-0.3, -0.25) is 14.4 Å². The van der Waals surface area contributed by atoms with Crippen molar-refractivity contribution in [2.24, 2.45) is 0 Å². The number of halogens is 1. The molecule has 150 valence electrons. The Morgan fingerprint density at radius 2 is 1.76 bits per heavy atom. The van der Waals surface area contributed by atoms with Gasteiger partial charge >= 0.3 is 0 Å². The normalized spacial score (nSPS) is 18.8. The average molecular weight is 396 g/mol. The third-order valence-electron chi connectivity index (χ3n) is 5.13. The standard InChI is InChI=1S/C22H21FN2O4/c1-2-29-18-11-9-17(10-12-18)25-20(26)13-19(22(25)28)24(16-7-8-16)21(27)14-3-5-15(23)6-4-14/h3-6,9-12,16,19H,2,7-8,13H2,1H3. The van der Waals surface area contributed by atoms with Crippen LogP contribution >= 0.6 is 0 Å².